The Labute approximate surface area is 117 Å². The maximum absolute atomic E-state index is 12.4. The van der Waals surface area contributed by atoms with Crippen LogP contribution < -0.4 is 4.90 Å². The van der Waals surface area contributed by atoms with Gasteiger partial charge in [-0.1, -0.05) is 18.2 Å². The van der Waals surface area contributed by atoms with E-state index < -0.39 is 0 Å². The fourth-order valence-corrected chi connectivity index (χ4v) is 1.98. The van der Waals surface area contributed by atoms with E-state index in [2.05, 4.69) is 0 Å². The Morgan fingerprint density at radius 2 is 1.95 bits per heavy atom. The number of carbonyl (C=O) groups excluding carboxylic acids is 1. The summed E-state index contributed by atoms with van der Waals surface area (Å²) in [5, 5.41) is -0.242. The molecule has 1 unspecified atom stereocenters. The van der Waals surface area contributed by atoms with Crippen molar-refractivity contribution in [2.24, 2.45) is 0 Å². The predicted molar refractivity (Wildman–Crippen MR) is 76.8 cm³/mol. The SMILES string of the molecule is CCN(C(=O)c1ccc(C(C)Cl)o1)c1ccccc1. The number of rotatable bonds is 4. The first-order valence-corrected chi connectivity index (χ1v) is 6.67. The minimum absolute atomic E-state index is 0.155. The number of amides is 1. The van der Waals surface area contributed by atoms with Gasteiger partial charge in [-0.05, 0) is 38.1 Å². The molecule has 0 spiro atoms. The zero-order valence-electron chi connectivity index (χ0n) is 11.0. The third-order valence-corrected chi connectivity index (χ3v) is 3.07. The molecule has 2 rings (SSSR count). The Kier molecular flexibility index (Phi) is 4.27. The maximum Gasteiger partial charge on any atom is 0.293 e. The second kappa shape index (κ2) is 5.93. The highest BCUT2D eigenvalue weighted by atomic mass is 35.5. The Hall–Kier alpha value is -1.74. The molecule has 1 aromatic carbocycles. The third-order valence-electron chi connectivity index (χ3n) is 2.86. The molecule has 3 nitrogen and oxygen atoms in total. The molecule has 0 radical (unpaired) electrons. The van der Waals surface area contributed by atoms with Crippen molar-refractivity contribution < 1.29 is 9.21 Å². The molecular weight excluding hydrogens is 262 g/mol. The fourth-order valence-electron chi connectivity index (χ4n) is 1.87. The number of nitrogens with zero attached hydrogens (tertiary/aromatic N) is 1. The van der Waals surface area contributed by atoms with Crippen molar-refractivity contribution in [1.82, 2.24) is 0 Å². The van der Waals surface area contributed by atoms with E-state index in [4.69, 9.17) is 16.0 Å². The van der Waals surface area contributed by atoms with Crippen molar-refractivity contribution in [3.8, 4) is 0 Å². The van der Waals surface area contributed by atoms with Crippen LogP contribution in [0.5, 0.6) is 0 Å². The lowest BCUT2D eigenvalue weighted by Crippen LogP contribution is -2.30. The predicted octanol–water partition coefficient (Wildman–Crippen LogP) is 4.25. The van der Waals surface area contributed by atoms with Crippen molar-refractivity contribution in [1.29, 1.82) is 0 Å². The Morgan fingerprint density at radius 3 is 2.47 bits per heavy atom. The minimum atomic E-state index is -0.242. The van der Waals surface area contributed by atoms with Gasteiger partial charge in [0.25, 0.3) is 5.91 Å². The van der Waals surface area contributed by atoms with Gasteiger partial charge in [-0.15, -0.1) is 11.6 Å². The summed E-state index contributed by atoms with van der Waals surface area (Å²) in [5.41, 5.74) is 0.854. The van der Waals surface area contributed by atoms with Crippen LogP contribution in [0.3, 0.4) is 0 Å². The van der Waals surface area contributed by atoms with Crippen LogP contribution >= 0.6 is 11.6 Å². The van der Waals surface area contributed by atoms with E-state index in [9.17, 15) is 4.79 Å². The second-order valence-electron chi connectivity index (χ2n) is 4.20. The zero-order chi connectivity index (χ0) is 13.8. The van der Waals surface area contributed by atoms with Gasteiger partial charge in [0.05, 0.1) is 5.38 Å². The molecule has 0 N–H and O–H groups in total. The highest BCUT2D eigenvalue weighted by Crippen LogP contribution is 2.23. The summed E-state index contributed by atoms with van der Waals surface area (Å²) >= 11 is 5.93. The number of hydrogen-bond acceptors (Lipinski definition) is 2. The van der Waals surface area contributed by atoms with Crippen LogP contribution in [0, 0.1) is 0 Å². The zero-order valence-corrected chi connectivity index (χ0v) is 11.7. The summed E-state index contributed by atoms with van der Waals surface area (Å²) < 4.78 is 5.49. The molecule has 0 bridgehead atoms. The van der Waals surface area contributed by atoms with Crippen LogP contribution in [0.1, 0.15) is 35.5 Å². The monoisotopic (exact) mass is 277 g/mol. The summed E-state index contributed by atoms with van der Waals surface area (Å²) in [5.74, 6) is 0.764. The highest BCUT2D eigenvalue weighted by Gasteiger charge is 2.20. The molecule has 0 aliphatic carbocycles. The number of benzene rings is 1. The Bertz CT molecular complexity index is 548. The van der Waals surface area contributed by atoms with Gasteiger partial charge >= 0.3 is 0 Å². The molecule has 0 saturated heterocycles. The van der Waals surface area contributed by atoms with Crippen molar-refractivity contribution in [2.45, 2.75) is 19.2 Å². The maximum atomic E-state index is 12.4. The number of halogens is 1. The van der Waals surface area contributed by atoms with Gasteiger partial charge in [-0.25, -0.2) is 0 Å². The van der Waals surface area contributed by atoms with E-state index in [1.807, 2.05) is 44.2 Å². The standard InChI is InChI=1S/C15H16ClNO2/c1-3-17(12-7-5-4-6-8-12)15(18)14-10-9-13(19-14)11(2)16/h4-11H,3H2,1-2H3. The molecule has 0 saturated carbocycles. The van der Waals surface area contributed by atoms with Gasteiger partial charge in [0.1, 0.15) is 5.76 Å². The average Bonchev–Trinajstić information content (AvgIpc) is 2.90. The van der Waals surface area contributed by atoms with Crippen molar-refractivity contribution in [2.75, 3.05) is 11.4 Å². The lowest BCUT2D eigenvalue weighted by molar-refractivity contribution is 0.0960. The van der Waals surface area contributed by atoms with E-state index in [0.717, 1.165) is 5.69 Å². The van der Waals surface area contributed by atoms with E-state index >= 15 is 0 Å². The second-order valence-corrected chi connectivity index (χ2v) is 4.86. The summed E-state index contributed by atoms with van der Waals surface area (Å²) in [7, 11) is 0. The van der Waals surface area contributed by atoms with Gasteiger partial charge in [0, 0.05) is 12.2 Å². The van der Waals surface area contributed by atoms with Crippen LogP contribution in [0.15, 0.2) is 46.9 Å². The number of hydrogen-bond donors (Lipinski definition) is 0. The summed E-state index contributed by atoms with van der Waals surface area (Å²) in [4.78, 5) is 14.1. The van der Waals surface area contributed by atoms with Crippen molar-refractivity contribution in [3.05, 3.63) is 54.0 Å². The van der Waals surface area contributed by atoms with Crippen LogP contribution in [-0.2, 0) is 0 Å². The topological polar surface area (TPSA) is 33.5 Å². The summed E-state index contributed by atoms with van der Waals surface area (Å²) in [6.45, 7) is 4.32. The van der Waals surface area contributed by atoms with Crippen LogP contribution in [0.25, 0.3) is 0 Å². The van der Waals surface area contributed by atoms with Gasteiger partial charge in [0.2, 0.25) is 0 Å². The lowest BCUT2D eigenvalue weighted by Gasteiger charge is -2.19. The molecule has 19 heavy (non-hydrogen) atoms. The molecule has 1 atom stereocenters. The van der Waals surface area contributed by atoms with Gasteiger partial charge in [0.15, 0.2) is 5.76 Å². The molecule has 0 aliphatic rings. The number of carbonyl (C=O) groups is 1. The number of anilines is 1. The normalized spacial score (nSPS) is 12.2. The molecule has 100 valence electrons. The number of furan rings is 1. The molecular formula is C15H16ClNO2. The largest absolute Gasteiger partial charge is 0.454 e. The Morgan fingerprint density at radius 1 is 1.26 bits per heavy atom. The number of alkyl halides is 1. The number of para-hydroxylation sites is 1. The van der Waals surface area contributed by atoms with Gasteiger partial charge in [-0.2, -0.15) is 0 Å². The molecule has 0 fully saturated rings. The highest BCUT2D eigenvalue weighted by molar-refractivity contribution is 6.20. The first kappa shape index (κ1) is 13.7. The van der Waals surface area contributed by atoms with Crippen LogP contribution in [-0.4, -0.2) is 12.5 Å². The molecule has 1 heterocycles. The van der Waals surface area contributed by atoms with Crippen molar-refractivity contribution >= 4 is 23.2 Å². The van der Waals surface area contributed by atoms with Gasteiger partial charge in [-0.3, -0.25) is 4.79 Å². The quantitative estimate of drug-likeness (QED) is 0.783. The smallest absolute Gasteiger partial charge is 0.293 e. The molecule has 0 aliphatic heterocycles. The third kappa shape index (κ3) is 2.99. The van der Waals surface area contributed by atoms with Crippen LogP contribution in [0.2, 0.25) is 0 Å². The molecule has 4 heteroatoms. The van der Waals surface area contributed by atoms with E-state index in [-0.39, 0.29) is 11.3 Å². The van der Waals surface area contributed by atoms with E-state index in [1.54, 1.807) is 17.0 Å². The van der Waals surface area contributed by atoms with Gasteiger partial charge < -0.3 is 9.32 Å². The first-order valence-electron chi connectivity index (χ1n) is 6.24. The summed E-state index contributed by atoms with van der Waals surface area (Å²) in [6.07, 6.45) is 0. The molecule has 1 aromatic heterocycles. The Balaban J connectivity index is 2.26. The van der Waals surface area contributed by atoms with E-state index in [1.165, 1.54) is 0 Å². The van der Waals surface area contributed by atoms with Crippen molar-refractivity contribution in [3.63, 3.8) is 0 Å². The fraction of sp³-hybridized carbons (Fsp3) is 0.267. The summed E-state index contributed by atoms with van der Waals surface area (Å²) in [6, 6.07) is 12.9. The van der Waals surface area contributed by atoms with E-state index in [0.29, 0.717) is 18.1 Å². The molecule has 2 aromatic rings. The first-order chi connectivity index (χ1) is 9.13. The minimum Gasteiger partial charge on any atom is -0.454 e. The van der Waals surface area contributed by atoms with Crippen LogP contribution in [0.4, 0.5) is 5.69 Å². The lowest BCUT2D eigenvalue weighted by atomic mass is 10.2. The molecule has 1 amide bonds. The average molecular weight is 278 g/mol.